The largest absolute Gasteiger partial charge is 0.491 e. The summed E-state index contributed by atoms with van der Waals surface area (Å²) in [7, 11) is 1.53. The first kappa shape index (κ1) is 25.4. The van der Waals surface area contributed by atoms with Crippen molar-refractivity contribution < 1.29 is 23.8 Å². The average molecular weight is 442 g/mol. The maximum absolute atomic E-state index is 5.96. The van der Waals surface area contributed by atoms with Crippen molar-refractivity contribution in [2.24, 2.45) is 5.16 Å². The Balaban J connectivity index is 1.70. The summed E-state index contributed by atoms with van der Waals surface area (Å²) >= 11 is 0. The molecule has 6 heteroatoms. The minimum absolute atomic E-state index is 0.448. The molecule has 0 aromatic heterocycles. The standard InChI is InChI=1S/C26H35NO5/c1-6-7-12-31-25-15-20(2)26(21(3)16-25)32-14-13-29-18-23-8-10-24(11-9-23)19-30-17-22(4)27-28-5/h6-11,15-16H,12-14,17-19H2,1-5H3/b7-6+,27-22?. The highest BCUT2D eigenvalue weighted by Gasteiger charge is 2.07. The zero-order valence-electron chi connectivity index (χ0n) is 19.8. The van der Waals surface area contributed by atoms with Gasteiger partial charge in [-0.15, -0.1) is 0 Å². The number of hydrogen-bond acceptors (Lipinski definition) is 6. The van der Waals surface area contributed by atoms with E-state index in [1.165, 1.54) is 7.11 Å². The highest BCUT2D eigenvalue weighted by molar-refractivity contribution is 5.82. The Morgan fingerprint density at radius 2 is 1.53 bits per heavy atom. The molecule has 32 heavy (non-hydrogen) atoms. The molecule has 0 saturated carbocycles. The second-order valence-corrected chi connectivity index (χ2v) is 7.49. The van der Waals surface area contributed by atoms with Crippen molar-refractivity contribution in [1.82, 2.24) is 0 Å². The monoisotopic (exact) mass is 441 g/mol. The summed E-state index contributed by atoms with van der Waals surface area (Å²) in [4.78, 5) is 4.71. The summed E-state index contributed by atoms with van der Waals surface area (Å²) in [6, 6.07) is 12.2. The van der Waals surface area contributed by atoms with Crippen LogP contribution in [-0.2, 0) is 27.5 Å². The summed E-state index contributed by atoms with van der Waals surface area (Å²) in [6.45, 7) is 11.0. The lowest BCUT2D eigenvalue weighted by molar-refractivity contribution is 0.0884. The Morgan fingerprint density at radius 1 is 0.906 bits per heavy atom. The van der Waals surface area contributed by atoms with Gasteiger partial charge >= 0.3 is 0 Å². The lowest BCUT2D eigenvalue weighted by Crippen LogP contribution is -2.08. The molecule has 0 aliphatic heterocycles. The molecule has 0 aliphatic rings. The van der Waals surface area contributed by atoms with Crippen LogP contribution in [0.15, 0.2) is 53.7 Å². The number of nitrogens with zero attached hydrogens (tertiary/aromatic N) is 1. The van der Waals surface area contributed by atoms with Crippen molar-refractivity contribution in [3.63, 3.8) is 0 Å². The molecule has 0 atom stereocenters. The van der Waals surface area contributed by atoms with Crippen LogP contribution in [0.5, 0.6) is 11.5 Å². The van der Waals surface area contributed by atoms with Gasteiger partial charge in [0.05, 0.1) is 32.1 Å². The van der Waals surface area contributed by atoms with Gasteiger partial charge in [0.1, 0.15) is 31.8 Å². The van der Waals surface area contributed by atoms with Gasteiger partial charge in [-0.3, -0.25) is 0 Å². The first-order chi connectivity index (χ1) is 15.5. The van der Waals surface area contributed by atoms with Crippen molar-refractivity contribution in [2.75, 3.05) is 33.5 Å². The van der Waals surface area contributed by atoms with E-state index < -0.39 is 0 Å². The first-order valence-corrected chi connectivity index (χ1v) is 10.8. The van der Waals surface area contributed by atoms with Crippen molar-refractivity contribution in [1.29, 1.82) is 0 Å². The molecule has 0 bridgehead atoms. The van der Waals surface area contributed by atoms with E-state index in [2.05, 4.69) is 17.3 Å². The van der Waals surface area contributed by atoms with E-state index in [1.807, 2.05) is 64.1 Å². The molecule has 0 spiro atoms. The molecule has 0 N–H and O–H groups in total. The van der Waals surface area contributed by atoms with Crippen LogP contribution in [-0.4, -0.2) is 39.2 Å². The van der Waals surface area contributed by atoms with E-state index in [4.69, 9.17) is 23.8 Å². The molecule has 2 aromatic carbocycles. The van der Waals surface area contributed by atoms with Gasteiger partial charge in [-0.25, -0.2) is 0 Å². The van der Waals surface area contributed by atoms with Gasteiger partial charge in [-0.2, -0.15) is 0 Å². The fourth-order valence-electron chi connectivity index (χ4n) is 3.09. The van der Waals surface area contributed by atoms with E-state index in [-0.39, 0.29) is 0 Å². The van der Waals surface area contributed by atoms with Gasteiger partial charge in [0.15, 0.2) is 0 Å². The topological polar surface area (TPSA) is 58.5 Å². The van der Waals surface area contributed by atoms with E-state index >= 15 is 0 Å². The lowest BCUT2D eigenvalue weighted by Gasteiger charge is -2.14. The summed E-state index contributed by atoms with van der Waals surface area (Å²) in [6.07, 6.45) is 3.95. The molecule has 0 radical (unpaired) electrons. The number of oxime groups is 1. The fraction of sp³-hybridized carbons (Fsp3) is 0.423. The molecular formula is C26H35NO5. The number of benzene rings is 2. The molecule has 0 amide bonds. The van der Waals surface area contributed by atoms with Gasteiger partial charge in [-0.05, 0) is 62.1 Å². The van der Waals surface area contributed by atoms with Crippen LogP contribution < -0.4 is 9.47 Å². The predicted molar refractivity (Wildman–Crippen MR) is 128 cm³/mol. The van der Waals surface area contributed by atoms with Crippen LogP contribution in [0.4, 0.5) is 0 Å². The number of allylic oxidation sites excluding steroid dienone is 1. The molecule has 6 nitrogen and oxygen atoms in total. The average Bonchev–Trinajstić information content (AvgIpc) is 2.76. The van der Waals surface area contributed by atoms with Crippen molar-refractivity contribution in [3.8, 4) is 11.5 Å². The van der Waals surface area contributed by atoms with Crippen LogP contribution in [0.1, 0.15) is 36.1 Å². The van der Waals surface area contributed by atoms with Crippen molar-refractivity contribution in [2.45, 2.75) is 40.9 Å². The van der Waals surface area contributed by atoms with Gasteiger partial charge in [0.2, 0.25) is 0 Å². The Morgan fingerprint density at radius 3 is 2.12 bits per heavy atom. The zero-order valence-corrected chi connectivity index (χ0v) is 19.8. The third kappa shape index (κ3) is 9.12. The number of aryl methyl sites for hydroxylation is 2. The van der Waals surface area contributed by atoms with Crippen molar-refractivity contribution >= 4 is 5.71 Å². The molecule has 0 aliphatic carbocycles. The summed E-state index contributed by atoms with van der Waals surface area (Å²) in [5.74, 6) is 1.75. The lowest BCUT2D eigenvalue weighted by atomic mass is 10.1. The molecular weight excluding hydrogens is 406 g/mol. The second-order valence-electron chi connectivity index (χ2n) is 7.49. The first-order valence-electron chi connectivity index (χ1n) is 10.8. The van der Waals surface area contributed by atoms with Crippen LogP contribution in [0.2, 0.25) is 0 Å². The Kier molecular flexibility index (Phi) is 11.3. The van der Waals surface area contributed by atoms with Gasteiger partial charge < -0.3 is 23.8 Å². The van der Waals surface area contributed by atoms with E-state index in [1.54, 1.807) is 0 Å². The highest BCUT2D eigenvalue weighted by atomic mass is 16.6. The van der Waals surface area contributed by atoms with Gasteiger partial charge in [0, 0.05) is 0 Å². The number of hydrogen-bond donors (Lipinski definition) is 0. The van der Waals surface area contributed by atoms with E-state index in [0.717, 1.165) is 39.5 Å². The smallest absolute Gasteiger partial charge is 0.125 e. The third-order valence-corrected chi connectivity index (χ3v) is 4.61. The summed E-state index contributed by atoms with van der Waals surface area (Å²) in [5.41, 5.74) is 5.13. The van der Waals surface area contributed by atoms with Crippen LogP contribution in [0, 0.1) is 13.8 Å². The van der Waals surface area contributed by atoms with Crippen LogP contribution >= 0.6 is 0 Å². The minimum atomic E-state index is 0.448. The Bertz CT molecular complexity index is 851. The molecule has 0 saturated heterocycles. The van der Waals surface area contributed by atoms with E-state index in [9.17, 15) is 0 Å². The van der Waals surface area contributed by atoms with E-state index in [0.29, 0.717) is 39.6 Å². The molecule has 174 valence electrons. The Labute approximate surface area is 191 Å². The molecule has 0 heterocycles. The second kappa shape index (κ2) is 14.3. The maximum Gasteiger partial charge on any atom is 0.125 e. The maximum atomic E-state index is 5.96. The summed E-state index contributed by atoms with van der Waals surface area (Å²) < 4.78 is 23.1. The van der Waals surface area contributed by atoms with Crippen molar-refractivity contribution in [3.05, 3.63) is 70.8 Å². The van der Waals surface area contributed by atoms with Crippen LogP contribution in [0.25, 0.3) is 0 Å². The molecule has 2 rings (SSSR count). The fourth-order valence-corrected chi connectivity index (χ4v) is 3.09. The SMILES string of the molecule is C/C=C/COc1cc(C)c(OCCOCc2ccc(COCC(C)=NOC)cc2)c(C)c1. The van der Waals surface area contributed by atoms with Gasteiger partial charge in [-0.1, -0.05) is 41.6 Å². The number of rotatable bonds is 14. The molecule has 0 fully saturated rings. The minimum Gasteiger partial charge on any atom is -0.491 e. The normalized spacial score (nSPS) is 11.7. The van der Waals surface area contributed by atoms with Gasteiger partial charge in [0.25, 0.3) is 0 Å². The quantitative estimate of drug-likeness (QED) is 0.170. The highest BCUT2D eigenvalue weighted by Crippen LogP contribution is 2.28. The molecule has 2 aromatic rings. The summed E-state index contributed by atoms with van der Waals surface area (Å²) in [5, 5.41) is 3.82. The number of ether oxygens (including phenoxy) is 4. The predicted octanol–water partition coefficient (Wildman–Crippen LogP) is 5.39. The third-order valence-electron chi connectivity index (χ3n) is 4.61. The zero-order chi connectivity index (χ0) is 23.2. The molecule has 0 unspecified atom stereocenters. The Hall–Kier alpha value is -2.83. The van der Waals surface area contributed by atoms with Crippen LogP contribution in [0.3, 0.4) is 0 Å².